The molecule has 0 radical (unpaired) electrons. The summed E-state index contributed by atoms with van der Waals surface area (Å²) >= 11 is 0. The van der Waals surface area contributed by atoms with E-state index in [0.717, 1.165) is 63.6 Å². The molecule has 31 heavy (non-hydrogen) atoms. The van der Waals surface area contributed by atoms with Crippen LogP contribution in [0.15, 0.2) is 23.2 Å². The highest BCUT2D eigenvalue weighted by atomic mass is 19.1. The van der Waals surface area contributed by atoms with E-state index in [1.165, 1.54) is 12.8 Å². The molecule has 0 spiro atoms. The summed E-state index contributed by atoms with van der Waals surface area (Å²) in [6.07, 6.45) is 6.13. The Labute approximate surface area is 186 Å². The van der Waals surface area contributed by atoms with E-state index in [1.807, 2.05) is 31.1 Å². The van der Waals surface area contributed by atoms with Crippen LogP contribution in [-0.4, -0.2) is 74.9 Å². The molecule has 1 aromatic rings. The second-order valence-electron chi connectivity index (χ2n) is 8.84. The van der Waals surface area contributed by atoms with Crippen molar-refractivity contribution in [2.45, 2.75) is 64.3 Å². The maximum Gasteiger partial charge on any atom is 0.194 e. The zero-order chi connectivity index (χ0) is 22.1. The highest BCUT2D eigenvalue weighted by molar-refractivity contribution is 5.80. The van der Waals surface area contributed by atoms with E-state index >= 15 is 0 Å². The van der Waals surface area contributed by atoms with Crippen molar-refractivity contribution < 1.29 is 13.9 Å². The summed E-state index contributed by atoms with van der Waals surface area (Å²) in [5.41, 5.74) is 1.74. The van der Waals surface area contributed by atoms with E-state index in [2.05, 4.69) is 17.1 Å². The molecule has 0 aromatic heterocycles. The minimum absolute atomic E-state index is 0.158. The molecule has 1 atom stereocenters. The minimum Gasteiger partial charge on any atom is -0.376 e. The van der Waals surface area contributed by atoms with Crippen molar-refractivity contribution >= 4 is 5.96 Å². The molecule has 0 amide bonds. The van der Waals surface area contributed by atoms with Crippen LogP contribution in [0.25, 0.3) is 0 Å². The van der Waals surface area contributed by atoms with Crippen molar-refractivity contribution in [2.75, 3.05) is 46.9 Å². The Morgan fingerprint density at radius 3 is 2.74 bits per heavy atom. The Morgan fingerprint density at radius 2 is 2.06 bits per heavy atom. The number of aliphatic imine (C=N–C) groups is 1. The van der Waals surface area contributed by atoms with E-state index in [1.54, 1.807) is 6.07 Å². The molecule has 0 saturated carbocycles. The molecule has 2 aliphatic rings. The molecule has 1 aromatic carbocycles. The van der Waals surface area contributed by atoms with E-state index in [9.17, 15) is 4.39 Å². The van der Waals surface area contributed by atoms with Crippen LogP contribution in [0.3, 0.4) is 0 Å². The van der Waals surface area contributed by atoms with Crippen molar-refractivity contribution in [3.05, 3.63) is 35.1 Å². The van der Waals surface area contributed by atoms with Gasteiger partial charge in [0.05, 0.1) is 25.4 Å². The number of piperidine rings is 1. The molecule has 0 bridgehead atoms. The number of rotatable bonds is 8. The molecule has 6 nitrogen and oxygen atoms in total. The zero-order valence-electron chi connectivity index (χ0n) is 19.4. The Hall–Kier alpha value is -1.70. The molecule has 7 heteroatoms. The first-order valence-corrected chi connectivity index (χ1v) is 11.7. The number of guanidine groups is 1. The maximum atomic E-state index is 14.1. The Bertz CT molecular complexity index is 699. The molecule has 2 heterocycles. The standard InChI is InChI=1S/C24H39FN4O2/c1-4-26-24(27-16-19-8-9-23(25)20(15-19)17-28(2)3)29-12-10-21(11-13-29)31-18-22-7-5-6-14-30-22/h8-9,15,21-22H,4-7,10-14,16-18H2,1-3H3,(H,26,27). The van der Waals surface area contributed by atoms with Crippen LogP contribution in [0, 0.1) is 5.82 Å². The van der Waals surface area contributed by atoms with Crippen molar-refractivity contribution in [3.8, 4) is 0 Å². The van der Waals surface area contributed by atoms with Crippen LogP contribution < -0.4 is 5.32 Å². The third-order valence-corrected chi connectivity index (χ3v) is 5.88. The lowest BCUT2D eigenvalue weighted by molar-refractivity contribution is -0.0721. The van der Waals surface area contributed by atoms with Crippen LogP contribution in [0.1, 0.15) is 50.2 Å². The topological polar surface area (TPSA) is 49.3 Å². The quantitative estimate of drug-likeness (QED) is 0.502. The first kappa shape index (κ1) is 24.0. The van der Waals surface area contributed by atoms with E-state index < -0.39 is 0 Å². The van der Waals surface area contributed by atoms with Crippen LogP contribution in [0.4, 0.5) is 4.39 Å². The number of hydrogen-bond donors (Lipinski definition) is 1. The summed E-state index contributed by atoms with van der Waals surface area (Å²) in [4.78, 5) is 9.12. The first-order valence-electron chi connectivity index (χ1n) is 11.7. The largest absolute Gasteiger partial charge is 0.376 e. The summed E-state index contributed by atoms with van der Waals surface area (Å²) in [6.45, 7) is 7.49. The van der Waals surface area contributed by atoms with Gasteiger partial charge in [0.2, 0.25) is 0 Å². The average Bonchev–Trinajstić information content (AvgIpc) is 2.78. The van der Waals surface area contributed by atoms with Gasteiger partial charge in [-0.3, -0.25) is 0 Å². The summed E-state index contributed by atoms with van der Waals surface area (Å²) < 4.78 is 26.0. The van der Waals surface area contributed by atoms with Crippen molar-refractivity contribution in [1.29, 1.82) is 0 Å². The summed E-state index contributed by atoms with van der Waals surface area (Å²) in [6, 6.07) is 5.31. The van der Waals surface area contributed by atoms with Crippen LogP contribution >= 0.6 is 0 Å². The van der Waals surface area contributed by atoms with Gasteiger partial charge in [-0.2, -0.15) is 0 Å². The van der Waals surface area contributed by atoms with Crippen LogP contribution in [-0.2, 0) is 22.6 Å². The molecule has 1 N–H and O–H groups in total. The normalized spacial score (nSPS) is 21.0. The fourth-order valence-corrected chi connectivity index (χ4v) is 4.20. The number of halogens is 1. The summed E-state index contributed by atoms with van der Waals surface area (Å²) in [7, 11) is 3.89. The Kier molecular flexibility index (Phi) is 9.55. The highest BCUT2D eigenvalue weighted by Gasteiger charge is 2.23. The Balaban J connectivity index is 1.51. The molecule has 2 saturated heterocycles. The molecule has 2 aliphatic heterocycles. The smallest absolute Gasteiger partial charge is 0.194 e. The molecule has 174 valence electrons. The van der Waals surface area contributed by atoms with Crippen LogP contribution in [0.5, 0.6) is 0 Å². The second kappa shape index (κ2) is 12.4. The van der Waals surface area contributed by atoms with Gasteiger partial charge in [-0.05, 0) is 70.8 Å². The highest BCUT2D eigenvalue weighted by Crippen LogP contribution is 2.18. The number of nitrogens with zero attached hydrogens (tertiary/aromatic N) is 3. The van der Waals surface area contributed by atoms with Crippen LogP contribution in [0.2, 0.25) is 0 Å². The third-order valence-electron chi connectivity index (χ3n) is 5.88. The van der Waals surface area contributed by atoms with Crippen molar-refractivity contribution in [1.82, 2.24) is 15.1 Å². The zero-order valence-corrected chi connectivity index (χ0v) is 19.4. The Morgan fingerprint density at radius 1 is 1.26 bits per heavy atom. The SMILES string of the molecule is CCNC(=NCc1ccc(F)c(CN(C)C)c1)N1CCC(OCC2CCCCO2)CC1. The van der Waals surface area contributed by atoms with Gasteiger partial charge < -0.3 is 24.6 Å². The van der Waals surface area contributed by atoms with Gasteiger partial charge in [-0.1, -0.05) is 6.07 Å². The average molecular weight is 435 g/mol. The van der Waals surface area contributed by atoms with E-state index in [4.69, 9.17) is 14.5 Å². The molecular formula is C24H39FN4O2. The molecule has 0 aliphatic carbocycles. The van der Waals surface area contributed by atoms with E-state index in [0.29, 0.717) is 24.8 Å². The molecule has 2 fully saturated rings. The molecular weight excluding hydrogens is 395 g/mol. The fraction of sp³-hybridized carbons (Fsp3) is 0.708. The number of hydrogen-bond acceptors (Lipinski definition) is 4. The first-order chi connectivity index (χ1) is 15.0. The number of nitrogens with one attached hydrogen (secondary N) is 1. The molecule has 3 rings (SSSR count). The maximum absolute atomic E-state index is 14.1. The third kappa shape index (κ3) is 7.74. The summed E-state index contributed by atoms with van der Waals surface area (Å²) in [5, 5.41) is 3.41. The minimum atomic E-state index is -0.158. The number of likely N-dealkylation sites (tertiary alicyclic amines) is 1. The van der Waals surface area contributed by atoms with Gasteiger partial charge in [0.15, 0.2) is 5.96 Å². The molecule has 1 unspecified atom stereocenters. The van der Waals surface area contributed by atoms with Gasteiger partial charge in [0, 0.05) is 38.3 Å². The van der Waals surface area contributed by atoms with E-state index in [-0.39, 0.29) is 11.9 Å². The monoisotopic (exact) mass is 434 g/mol. The van der Waals surface area contributed by atoms with Gasteiger partial charge >= 0.3 is 0 Å². The van der Waals surface area contributed by atoms with Gasteiger partial charge in [-0.25, -0.2) is 9.38 Å². The van der Waals surface area contributed by atoms with Gasteiger partial charge in [-0.15, -0.1) is 0 Å². The lowest BCUT2D eigenvalue weighted by atomic mass is 10.1. The predicted molar refractivity (Wildman–Crippen MR) is 123 cm³/mol. The predicted octanol–water partition coefficient (Wildman–Crippen LogP) is 3.40. The van der Waals surface area contributed by atoms with Crippen molar-refractivity contribution in [2.24, 2.45) is 4.99 Å². The van der Waals surface area contributed by atoms with Crippen molar-refractivity contribution in [3.63, 3.8) is 0 Å². The fourth-order valence-electron chi connectivity index (χ4n) is 4.20. The lowest BCUT2D eigenvalue weighted by Gasteiger charge is -2.35. The van der Waals surface area contributed by atoms with Gasteiger partial charge in [0.1, 0.15) is 5.82 Å². The number of benzene rings is 1. The number of ether oxygens (including phenoxy) is 2. The second-order valence-corrected chi connectivity index (χ2v) is 8.84. The lowest BCUT2D eigenvalue weighted by Crippen LogP contribution is -2.47. The van der Waals surface area contributed by atoms with Gasteiger partial charge in [0.25, 0.3) is 0 Å². The summed E-state index contributed by atoms with van der Waals surface area (Å²) in [5.74, 6) is 0.768.